The average Bonchev–Trinajstić information content (AvgIpc) is 3.58. The summed E-state index contributed by atoms with van der Waals surface area (Å²) in [5.41, 5.74) is 5.71. The molecule has 8 heteroatoms. The lowest BCUT2D eigenvalue weighted by atomic mass is 9.96. The van der Waals surface area contributed by atoms with E-state index in [-0.39, 0.29) is 37.4 Å². The van der Waals surface area contributed by atoms with Crippen LogP contribution in [0.25, 0.3) is 22.0 Å². The summed E-state index contributed by atoms with van der Waals surface area (Å²) >= 11 is 0. The molecule has 3 heterocycles. The van der Waals surface area contributed by atoms with E-state index in [1.54, 1.807) is 0 Å². The van der Waals surface area contributed by atoms with Gasteiger partial charge in [0.1, 0.15) is 5.69 Å². The molecule has 6 rings (SSSR count). The summed E-state index contributed by atoms with van der Waals surface area (Å²) < 4.78 is 19.8. The highest BCUT2D eigenvalue weighted by Crippen LogP contribution is 2.38. The number of benzene rings is 3. The Hall–Kier alpha value is -3.85. The van der Waals surface area contributed by atoms with Gasteiger partial charge in [-0.25, -0.2) is 0 Å². The second-order valence-electron chi connectivity index (χ2n) is 11.7. The normalized spacial score (nSPS) is 19.5. The van der Waals surface area contributed by atoms with Gasteiger partial charge in [0.2, 0.25) is 6.79 Å². The molecule has 0 unspecified atom stereocenters. The molecule has 220 valence electrons. The molecule has 8 nitrogen and oxygen atoms in total. The van der Waals surface area contributed by atoms with Crippen molar-refractivity contribution < 1.29 is 24.1 Å². The Morgan fingerprint density at radius 2 is 1.81 bits per heavy atom. The summed E-state index contributed by atoms with van der Waals surface area (Å²) in [6.07, 6.45) is -0.156. The molecule has 4 aromatic rings. The van der Waals surface area contributed by atoms with E-state index in [1.807, 2.05) is 59.8 Å². The fourth-order valence-electron chi connectivity index (χ4n) is 6.25. The lowest BCUT2D eigenvalue weighted by Crippen LogP contribution is -2.47. The van der Waals surface area contributed by atoms with E-state index in [4.69, 9.17) is 14.2 Å². The number of likely N-dealkylation sites (N-methyl/N-ethyl adjacent to an activating group) is 1. The predicted octanol–water partition coefficient (Wildman–Crippen LogP) is 5.06. The van der Waals surface area contributed by atoms with Crippen molar-refractivity contribution in [2.75, 3.05) is 33.5 Å². The van der Waals surface area contributed by atoms with Gasteiger partial charge in [-0.05, 0) is 48.9 Å². The van der Waals surface area contributed by atoms with Crippen LogP contribution in [-0.4, -0.2) is 71.1 Å². The lowest BCUT2D eigenvalue weighted by Gasteiger charge is -2.35. The number of nitrogens with zero attached hydrogens (tertiary/aromatic N) is 3. The van der Waals surface area contributed by atoms with E-state index in [0.29, 0.717) is 31.9 Å². The van der Waals surface area contributed by atoms with Crippen molar-refractivity contribution in [3.05, 3.63) is 83.6 Å². The number of ether oxygens (including phenoxy) is 3. The molecule has 3 atom stereocenters. The van der Waals surface area contributed by atoms with Gasteiger partial charge in [-0.2, -0.15) is 0 Å². The number of hydrogen-bond acceptors (Lipinski definition) is 6. The summed E-state index contributed by atoms with van der Waals surface area (Å²) in [6.45, 7) is 6.44. The van der Waals surface area contributed by atoms with E-state index >= 15 is 0 Å². The highest BCUT2D eigenvalue weighted by atomic mass is 16.7. The molecule has 0 saturated heterocycles. The summed E-state index contributed by atoms with van der Waals surface area (Å²) in [5.74, 6) is 1.47. The second-order valence-corrected chi connectivity index (χ2v) is 11.7. The van der Waals surface area contributed by atoms with Crippen LogP contribution in [0.1, 0.15) is 35.5 Å². The first-order valence-electron chi connectivity index (χ1n) is 14.6. The van der Waals surface area contributed by atoms with Crippen LogP contribution >= 0.6 is 0 Å². The Morgan fingerprint density at radius 1 is 1.05 bits per heavy atom. The Kier molecular flexibility index (Phi) is 7.94. The maximum absolute atomic E-state index is 14.5. The van der Waals surface area contributed by atoms with E-state index in [0.717, 1.165) is 44.7 Å². The number of carbonyl (C=O) groups excluding carboxylic acids is 1. The lowest BCUT2D eigenvalue weighted by molar-refractivity contribution is -0.0242. The summed E-state index contributed by atoms with van der Waals surface area (Å²) in [6, 6.07) is 22.1. The van der Waals surface area contributed by atoms with Gasteiger partial charge in [-0.1, -0.05) is 55.5 Å². The number of aliphatic hydroxyl groups is 1. The highest BCUT2D eigenvalue weighted by molar-refractivity contribution is 6.10. The van der Waals surface area contributed by atoms with Crippen molar-refractivity contribution in [3.8, 4) is 22.6 Å². The zero-order valence-electron chi connectivity index (χ0n) is 24.7. The van der Waals surface area contributed by atoms with Gasteiger partial charge in [-0.3, -0.25) is 9.69 Å². The number of fused-ring (bicyclic) bond motifs is 6. The second kappa shape index (κ2) is 11.8. The first kappa shape index (κ1) is 28.3. The van der Waals surface area contributed by atoms with Crippen molar-refractivity contribution in [2.45, 2.75) is 39.1 Å². The van der Waals surface area contributed by atoms with E-state index in [1.165, 1.54) is 0 Å². The SMILES string of the molecule is C[C@H]1CN([C@@H](C)CO)C(=O)c2c(c3ccccc3n2C)-c2ccccc2CO[C@H]1CN(C)Cc1ccc2c(c1)OCO2. The van der Waals surface area contributed by atoms with Crippen LogP contribution in [0.15, 0.2) is 66.7 Å². The van der Waals surface area contributed by atoms with Crippen LogP contribution in [0.5, 0.6) is 11.5 Å². The summed E-state index contributed by atoms with van der Waals surface area (Å²) in [5, 5.41) is 11.3. The fourth-order valence-corrected chi connectivity index (χ4v) is 6.25. The number of rotatable bonds is 6. The molecule has 1 aromatic heterocycles. The molecule has 42 heavy (non-hydrogen) atoms. The monoisotopic (exact) mass is 569 g/mol. The van der Waals surface area contributed by atoms with Crippen LogP contribution in [0, 0.1) is 5.92 Å². The Bertz CT molecular complexity index is 1600. The zero-order chi connectivity index (χ0) is 29.4. The predicted molar refractivity (Wildman–Crippen MR) is 163 cm³/mol. The number of amides is 1. The van der Waals surface area contributed by atoms with Gasteiger partial charge < -0.3 is 28.8 Å². The molecule has 0 radical (unpaired) electrons. The van der Waals surface area contributed by atoms with Crippen molar-refractivity contribution in [1.82, 2.24) is 14.4 Å². The van der Waals surface area contributed by atoms with E-state index < -0.39 is 0 Å². The first-order valence-corrected chi connectivity index (χ1v) is 14.6. The summed E-state index contributed by atoms with van der Waals surface area (Å²) in [4.78, 5) is 18.6. The standard InChI is InChI=1S/C34H39N3O5/c1-22-16-37(23(2)19-38)34(39)33-32(27-11-7-8-12-28(27)36(33)4)26-10-6-5-9-25(26)20-40-31(22)18-35(3)17-24-13-14-29-30(15-24)42-21-41-29/h5-15,22-23,31,38H,16-21H2,1-4H3/t22-,23-,31-/m0/s1. The number of aromatic nitrogens is 1. The number of hydrogen-bond donors (Lipinski definition) is 1. The van der Waals surface area contributed by atoms with Gasteiger partial charge in [0.05, 0.1) is 25.4 Å². The molecular formula is C34H39N3O5. The molecule has 0 spiro atoms. The Balaban J connectivity index is 1.37. The van der Waals surface area contributed by atoms with Crippen LogP contribution < -0.4 is 9.47 Å². The van der Waals surface area contributed by atoms with Crippen molar-refractivity contribution >= 4 is 16.8 Å². The third kappa shape index (κ3) is 5.26. The van der Waals surface area contributed by atoms with Crippen LogP contribution in [0.3, 0.4) is 0 Å². The smallest absolute Gasteiger partial charge is 0.271 e. The number of aliphatic hydroxyl groups excluding tert-OH is 1. The van der Waals surface area contributed by atoms with Crippen molar-refractivity contribution in [1.29, 1.82) is 0 Å². The molecule has 0 saturated carbocycles. The Morgan fingerprint density at radius 3 is 2.64 bits per heavy atom. The maximum atomic E-state index is 14.5. The largest absolute Gasteiger partial charge is 0.454 e. The zero-order valence-corrected chi connectivity index (χ0v) is 24.7. The van der Waals surface area contributed by atoms with E-state index in [2.05, 4.69) is 49.2 Å². The molecule has 2 aliphatic heterocycles. The third-order valence-electron chi connectivity index (χ3n) is 8.61. The molecule has 1 amide bonds. The fraction of sp³-hybridized carbons (Fsp3) is 0.382. The van der Waals surface area contributed by atoms with Gasteiger partial charge in [0.25, 0.3) is 5.91 Å². The molecule has 2 aliphatic rings. The van der Waals surface area contributed by atoms with Gasteiger partial charge >= 0.3 is 0 Å². The topological polar surface area (TPSA) is 76.4 Å². The van der Waals surface area contributed by atoms with Crippen molar-refractivity contribution in [2.24, 2.45) is 13.0 Å². The Labute approximate surface area is 247 Å². The minimum absolute atomic E-state index is 0.00514. The molecule has 1 N–H and O–H groups in total. The van der Waals surface area contributed by atoms with Crippen LogP contribution in [0.4, 0.5) is 0 Å². The van der Waals surface area contributed by atoms with Gasteiger partial charge in [0, 0.05) is 49.1 Å². The average molecular weight is 570 g/mol. The van der Waals surface area contributed by atoms with Crippen LogP contribution in [0.2, 0.25) is 0 Å². The van der Waals surface area contributed by atoms with Gasteiger partial charge in [0.15, 0.2) is 11.5 Å². The molecule has 0 aliphatic carbocycles. The van der Waals surface area contributed by atoms with Crippen molar-refractivity contribution in [3.63, 3.8) is 0 Å². The third-order valence-corrected chi connectivity index (χ3v) is 8.61. The number of carbonyl (C=O) groups is 1. The minimum Gasteiger partial charge on any atom is -0.454 e. The van der Waals surface area contributed by atoms with Crippen LogP contribution in [-0.2, 0) is 24.9 Å². The number of para-hydroxylation sites is 1. The van der Waals surface area contributed by atoms with E-state index in [9.17, 15) is 9.90 Å². The van der Waals surface area contributed by atoms with Gasteiger partial charge in [-0.15, -0.1) is 0 Å². The molecule has 3 aromatic carbocycles. The first-order chi connectivity index (χ1) is 20.4. The maximum Gasteiger partial charge on any atom is 0.271 e. The highest BCUT2D eigenvalue weighted by Gasteiger charge is 2.33. The summed E-state index contributed by atoms with van der Waals surface area (Å²) in [7, 11) is 4.04. The minimum atomic E-state index is -0.353. The molecule has 0 bridgehead atoms. The number of aryl methyl sites for hydroxylation is 1. The molecular weight excluding hydrogens is 530 g/mol. The molecule has 0 fully saturated rings. The quantitative estimate of drug-likeness (QED) is 0.350.